The highest BCUT2D eigenvalue weighted by atomic mass is 32.1. The van der Waals surface area contributed by atoms with Crippen molar-refractivity contribution in [3.8, 4) is 5.75 Å². The first-order chi connectivity index (χ1) is 12.6. The highest BCUT2D eigenvalue weighted by Crippen LogP contribution is 2.21. The maximum Gasteiger partial charge on any atom is 0.252 e. The van der Waals surface area contributed by atoms with E-state index in [4.69, 9.17) is 4.74 Å². The first-order valence-corrected chi connectivity index (χ1v) is 9.64. The quantitative estimate of drug-likeness (QED) is 0.844. The van der Waals surface area contributed by atoms with Crippen LogP contribution in [-0.4, -0.2) is 47.9 Å². The van der Waals surface area contributed by atoms with Crippen LogP contribution in [0.5, 0.6) is 5.75 Å². The average Bonchev–Trinajstić information content (AvgIpc) is 3.34. The molecule has 26 heavy (non-hydrogen) atoms. The summed E-state index contributed by atoms with van der Waals surface area (Å²) in [5.74, 6) is 0.346. The van der Waals surface area contributed by atoms with E-state index in [2.05, 4.69) is 10.3 Å². The van der Waals surface area contributed by atoms with Crippen LogP contribution in [-0.2, 0) is 11.2 Å². The molecule has 0 saturated carbocycles. The Morgan fingerprint density at radius 2 is 2.12 bits per heavy atom. The van der Waals surface area contributed by atoms with Gasteiger partial charge < -0.3 is 15.0 Å². The Kier molecular flexibility index (Phi) is 5.88. The van der Waals surface area contributed by atoms with Gasteiger partial charge in [-0.1, -0.05) is 6.07 Å². The lowest BCUT2D eigenvalue weighted by Crippen LogP contribution is -2.49. The minimum Gasteiger partial charge on any atom is -0.496 e. The monoisotopic (exact) mass is 373 g/mol. The maximum atomic E-state index is 12.9. The molecule has 1 aliphatic heterocycles. The van der Waals surface area contributed by atoms with Gasteiger partial charge in [0.05, 0.1) is 18.3 Å². The first-order valence-electron chi connectivity index (χ1n) is 8.70. The van der Waals surface area contributed by atoms with E-state index in [0.717, 1.165) is 37.2 Å². The third kappa shape index (κ3) is 4.04. The van der Waals surface area contributed by atoms with Crippen molar-refractivity contribution >= 4 is 23.2 Å². The molecule has 3 rings (SSSR count). The molecule has 2 amide bonds. The number of likely N-dealkylation sites (tertiary alicyclic amines) is 1. The normalized spacial score (nSPS) is 14.9. The van der Waals surface area contributed by atoms with Crippen LogP contribution in [0.4, 0.5) is 0 Å². The number of nitrogens with one attached hydrogen (secondary N) is 1. The average molecular weight is 373 g/mol. The van der Waals surface area contributed by atoms with Crippen molar-refractivity contribution in [3.05, 3.63) is 45.9 Å². The summed E-state index contributed by atoms with van der Waals surface area (Å²) in [6.07, 6.45) is 2.42. The first kappa shape index (κ1) is 18.4. The molecule has 0 aliphatic carbocycles. The lowest BCUT2D eigenvalue weighted by atomic mass is 10.1. The minimum absolute atomic E-state index is 0.0376. The molecule has 1 aliphatic rings. The van der Waals surface area contributed by atoms with Crippen molar-refractivity contribution in [2.45, 2.75) is 32.2 Å². The number of thiazole rings is 1. The third-order valence-corrected chi connectivity index (χ3v) is 5.30. The van der Waals surface area contributed by atoms with E-state index in [1.807, 2.05) is 23.3 Å². The van der Waals surface area contributed by atoms with Gasteiger partial charge in [-0.05, 0) is 31.9 Å². The fraction of sp³-hybridized carbons (Fsp3) is 0.421. The van der Waals surface area contributed by atoms with Crippen LogP contribution in [0.1, 0.15) is 34.5 Å². The van der Waals surface area contributed by atoms with Gasteiger partial charge in [0, 0.05) is 36.0 Å². The van der Waals surface area contributed by atoms with Gasteiger partial charge in [0.25, 0.3) is 5.91 Å². The molecular weight excluding hydrogens is 350 g/mol. The number of methoxy groups -OCH3 is 1. The number of amides is 2. The van der Waals surface area contributed by atoms with Gasteiger partial charge >= 0.3 is 0 Å². The summed E-state index contributed by atoms with van der Waals surface area (Å²) in [4.78, 5) is 31.8. The van der Waals surface area contributed by atoms with E-state index >= 15 is 0 Å². The topological polar surface area (TPSA) is 71.5 Å². The van der Waals surface area contributed by atoms with Crippen molar-refractivity contribution in [1.29, 1.82) is 0 Å². The van der Waals surface area contributed by atoms with Gasteiger partial charge in [0.2, 0.25) is 5.91 Å². The minimum atomic E-state index is -0.617. The molecule has 6 nitrogen and oxygen atoms in total. The van der Waals surface area contributed by atoms with Gasteiger partial charge in [-0.15, -0.1) is 11.3 Å². The predicted octanol–water partition coefficient (Wildman–Crippen LogP) is 2.42. The molecule has 1 saturated heterocycles. The maximum absolute atomic E-state index is 12.9. The molecule has 1 aromatic heterocycles. The van der Waals surface area contributed by atoms with Gasteiger partial charge in [0.15, 0.2) is 0 Å². The number of hydrogen-bond donors (Lipinski definition) is 1. The van der Waals surface area contributed by atoms with Gasteiger partial charge in [-0.2, -0.15) is 0 Å². The molecule has 0 unspecified atom stereocenters. The lowest BCUT2D eigenvalue weighted by Gasteiger charge is -2.24. The van der Waals surface area contributed by atoms with E-state index in [1.165, 1.54) is 11.3 Å². The number of benzene rings is 1. The van der Waals surface area contributed by atoms with Crippen LogP contribution < -0.4 is 10.1 Å². The van der Waals surface area contributed by atoms with Gasteiger partial charge in [-0.25, -0.2) is 4.98 Å². The number of aromatic nitrogens is 1. The molecule has 7 heteroatoms. The summed E-state index contributed by atoms with van der Waals surface area (Å²) >= 11 is 1.48. The van der Waals surface area contributed by atoms with E-state index < -0.39 is 6.04 Å². The summed E-state index contributed by atoms with van der Waals surface area (Å²) in [5, 5.41) is 4.83. The second-order valence-electron chi connectivity index (χ2n) is 6.38. The van der Waals surface area contributed by atoms with Crippen LogP contribution in [0.2, 0.25) is 0 Å². The molecule has 1 atom stereocenters. The van der Waals surface area contributed by atoms with Crippen molar-refractivity contribution in [2.24, 2.45) is 0 Å². The Labute approximate surface area is 157 Å². The number of hydrogen-bond acceptors (Lipinski definition) is 5. The largest absolute Gasteiger partial charge is 0.496 e. The molecule has 2 heterocycles. The third-order valence-electron chi connectivity index (χ3n) is 4.67. The Balaban J connectivity index is 1.80. The molecule has 2 aromatic rings. The predicted molar refractivity (Wildman–Crippen MR) is 101 cm³/mol. The smallest absolute Gasteiger partial charge is 0.252 e. The van der Waals surface area contributed by atoms with Gasteiger partial charge in [0.1, 0.15) is 11.8 Å². The SMILES string of the molecule is COc1cccc(C(=O)N[C@@H](Cc2cscn2)C(=O)N2CCCC2)c1C. The Bertz CT molecular complexity index is 770. The molecule has 0 bridgehead atoms. The molecule has 1 fully saturated rings. The summed E-state index contributed by atoms with van der Waals surface area (Å²) < 4.78 is 5.29. The summed E-state index contributed by atoms with van der Waals surface area (Å²) in [5.41, 5.74) is 3.83. The number of carbonyl (C=O) groups is 2. The fourth-order valence-corrected chi connectivity index (χ4v) is 3.79. The van der Waals surface area contributed by atoms with Crippen molar-refractivity contribution < 1.29 is 14.3 Å². The zero-order chi connectivity index (χ0) is 18.5. The van der Waals surface area contributed by atoms with E-state index in [1.54, 1.807) is 24.8 Å². The number of carbonyl (C=O) groups excluding carboxylic acids is 2. The standard InChI is InChI=1S/C19H23N3O3S/c1-13-15(6-5-7-17(13)25-2)18(23)21-16(10-14-11-26-12-20-14)19(24)22-8-3-4-9-22/h5-7,11-12,16H,3-4,8-10H2,1-2H3,(H,21,23)/t16-/m0/s1. The summed E-state index contributed by atoms with van der Waals surface area (Å²) in [6, 6.07) is 4.72. The van der Waals surface area contributed by atoms with Crippen LogP contribution in [0, 0.1) is 6.92 Å². The van der Waals surface area contributed by atoms with Crippen molar-refractivity contribution in [1.82, 2.24) is 15.2 Å². The zero-order valence-electron chi connectivity index (χ0n) is 15.0. The fourth-order valence-electron chi connectivity index (χ4n) is 3.22. The molecule has 1 aromatic carbocycles. The highest BCUT2D eigenvalue weighted by Gasteiger charge is 2.29. The molecular formula is C19H23N3O3S. The second kappa shape index (κ2) is 8.31. The van der Waals surface area contributed by atoms with E-state index in [-0.39, 0.29) is 11.8 Å². The Morgan fingerprint density at radius 3 is 2.77 bits per heavy atom. The molecule has 1 N–H and O–H groups in total. The van der Waals surface area contributed by atoms with Crippen LogP contribution in [0.15, 0.2) is 29.1 Å². The van der Waals surface area contributed by atoms with Crippen molar-refractivity contribution in [3.63, 3.8) is 0 Å². The summed E-state index contributed by atoms with van der Waals surface area (Å²) in [6.45, 7) is 3.34. The van der Waals surface area contributed by atoms with Crippen LogP contribution >= 0.6 is 11.3 Å². The number of ether oxygens (including phenoxy) is 1. The number of rotatable bonds is 6. The lowest BCUT2D eigenvalue weighted by molar-refractivity contribution is -0.132. The Morgan fingerprint density at radius 1 is 1.35 bits per heavy atom. The van der Waals surface area contributed by atoms with Crippen LogP contribution in [0.3, 0.4) is 0 Å². The molecule has 138 valence electrons. The van der Waals surface area contributed by atoms with Crippen molar-refractivity contribution in [2.75, 3.05) is 20.2 Å². The molecule has 0 radical (unpaired) electrons. The van der Waals surface area contributed by atoms with E-state index in [0.29, 0.717) is 17.7 Å². The van der Waals surface area contributed by atoms with Gasteiger partial charge in [-0.3, -0.25) is 9.59 Å². The number of nitrogens with zero attached hydrogens (tertiary/aromatic N) is 2. The molecule has 0 spiro atoms. The Hall–Kier alpha value is -2.41. The zero-order valence-corrected chi connectivity index (χ0v) is 15.8. The second-order valence-corrected chi connectivity index (χ2v) is 7.09. The summed E-state index contributed by atoms with van der Waals surface area (Å²) in [7, 11) is 1.58. The highest BCUT2D eigenvalue weighted by molar-refractivity contribution is 7.07. The van der Waals surface area contributed by atoms with E-state index in [9.17, 15) is 9.59 Å². The van der Waals surface area contributed by atoms with Crippen LogP contribution in [0.25, 0.3) is 0 Å².